The van der Waals surface area contributed by atoms with Crippen LogP contribution < -0.4 is 10.6 Å². The van der Waals surface area contributed by atoms with Crippen molar-refractivity contribution >= 4 is 34.4 Å². The van der Waals surface area contributed by atoms with Gasteiger partial charge >= 0.3 is 12.1 Å². The van der Waals surface area contributed by atoms with E-state index >= 15 is 0 Å². The molecule has 1 unspecified atom stereocenters. The SMILES string of the molecule is CC(C)(C)CC(NC(=O)c1cnc(NC(=O)OCC2c3ccccc3-c3ccccc32)s1)C(=O)O. The molecule has 9 heteroatoms. The summed E-state index contributed by atoms with van der Waals surface area (Å²) < 4.78 is 5.50. The van der Waals surface area contributed by atoms with Crippen LogP contribution >= 0.6 is 11.3 Å². The van der Waals surface area contributed by atoms with E-state index in [2.05, 4.69) is 27.8 Å². The topological polar surface area (TPSA) is 118 Å². The third kappa shape index (κ3) is 5.68. The summed E-state index contributed by atoms with van der Waals surface area (Å²) in [5.74, 6) is -1.73. The third-order valence-corrected chi connectivity index (χ3v) is 6.61. The maximum absolute atomic E-state index is 12.5. The van der Waals surface area contributed by atoms with Crippen molar-refractivity contribution in [2.75, 3.05) is 11.9 Å². The molecule has 2 aromatic carbocycles. The highest BCUT2D eigenvalue weighted by Gasteiger charge is 2.30. The van der Waals surface area contributed by atoms with Crippen LogP contribution in [0.15, 0.2) is 54.7 Å². The number of carboxylic acid groups (broad SMARTS) is 1. The van der Waals surface area contributed by atoms with Gasteiger partial charge in [-0.15, -0.1) is 0 Å². The summed E-state index contributed by atoms with van der Waals surface area (Å²) in [5, 5.41) is 14.7. The molecule has 0 bridgehead atoms. The van der Waals surface area contributed by atoms with E-state index in [0.29, 0.717) is 0 Å². The van der Waals surface area contributed by atoms with Crippen LogP contribution in [0.4, 0.5) is 9.93 Å². The zero-order valence-electron chi connectivity index (χ0n) is 19.7. The Balaban J connectivity index is 1.36. The number of hydrogen-bond acceptors (Lipinski definition) is 6. The van der Waals surface area contributed by atoms with Gasteiger partial charge in [0, 0.05) is 5.92 Å². The van der Waals surface area contributed by atoms with Gasteiger partial charge < -0.3 is 15.2 Å². The second-order valence-electron chi connectivity index (χ2n) is 9.61. The molecule has 0 saturated heterocycles. The number of thiazole rings is 1. The monoisotopic (exact) mass is 493 g/mol. The number of ether oxygens (including phenoxy) is 1. The number of nitrogens with one attached hydrogen (secondary N) is 2. The van der Waals surface area contributed by atoms with Crippen molar-refractivity contribution < 1.29 is 24.2 Å². The van der Waals surface area contributed by atoms with Crippen molar-refractivity contribution in [3.63, 3.8) is 0 Å². The normalized spacial score (nSPS) is 13.5. The van der Waals surface area contributed by atoms with E-state index < -0.39 is 24.0 Å². The van der Waals surface area contributed by atoms with Gasteiger partial charge in [-0.05, 0) is 34.1 Å². The van der Waals surface area contributed by atoms with Gasteiger partial charge in [0.05, 0.1) is 6.20 Å². The van der Waals surface area contributed by atoms with Crippen LogP contribution in [0.1, 0.15) is 53.9 Å². The first-order valence-electron chi connectivity index (χ1n) is 11.2. The molecule has 3 N–H and O–H groups in total. The van der Waals surface area contributed by atoms with Crippen molar-refractivity contribution in [3.05, 3.63) is 70.7 Å². The summed E-state index contributed by atoms with van der Waals surface area (Å²) >= 11 is 0.948. The standard InChI is InChI=1S/C26H27N3O5S/c1-26(2,3)12-20(23(31)32)28-22(30)21-13-27-24(35-21)29-25(33)34-14-19-17-10-6-4-8-15(17)16-9-5-7-11-18(16)19/h4-11,13,19-20H,12,14H2,1-3H3,(H,28,30)(H,31,32)(H,27,29,33). The molecule has 182 valence electrons. The molecule has 2 amide bonds. The molecule has 4 rings (SSSR count). The molecular formula is C26H27N3O5S. The van der Waals surface area contributed by atoms with Gasteiger partial charge in [-0.3, -0.25) is 10.1 Å². The summed E-state index contributed by atoms with van der Waals surface area (Å²) in [6, 6.07) is 15.1. The summed E-state index contributed by atoms with van der Waals surface area (Å²) in [4.78, 5) is 40.8. The van der Waals surface area contributed by atoms with E-state index in [1.54, 1.807) is 0 Å². The molecule has 0 saturated carbocycles. The average Bonchev–Trinajstić information content (AvgIpc) is 3.39. The molecule has 8 nitrogen and oxygen atoms in total. The maximum Gasteiger partial charge on any atom is 0.413 e. The molecule has 1 heterocycles. The lowest BCUT2D eigenvalue weighted by Gasteiger charge is -2.23. The number of carbonyl (C=O) groups is 3. The smallest absolute Gasteiger partial charge is 0.413 e. The fraction of sp³-hybridized carbons (Fsp3) is 0.308. The lowest BCUT2D eigenvalue weighted by atomic mass is 9.88. The van der Waals surface area contributed by atoms with Crippen molar-refractivity contribution in [2.24, 2.45) is 5.41 Å². The van der Waals surface area contributed by atoms with E-state index in [1.807, 2.05) is 57.2 Å². The van der Waals surface area contributed by atoms with Crippen LogP contribution in [-0.2, 0) is 9.53 Å². The molecule has 1 aliphatic carbocycles. The number of hydrogen-bond donors (Lipinski definition) is 3. The molecule has 0 radical (unpaired) electrons. The van der Waals surface area contributed by atoms with Crippen molar-refractivity contribution in [1.82, 2.24) is 10.3 Å². The van der Waals surface area contributed by atoms with E-state index in [4.69, 9.17) is 4.74 Å². The van der Waals surface area contributed by atoms with Gasteiger partial charge in [0.15, 0.2) is 5.13 Å². The number of fused-ring (bicyclic) bond motifs is 3. The predicted molar refractivity (Wildman–Crippen MR) is 134 cm³/mol. The number of benzene rings is 2. The van der Waals surface area contributed by atoms with Crippen LogP contribution in [-0.4, -0.2) is 40.7 Å². The van der Waals surface area contributed by atoms with Crippen LogP contribution in [0, 0.1) is 5.41 Å². The molecule has 1 aromatic heterocycles. The highest BCUT2D eigenvalue weighted by Crippen LogP contribution is 2.44. The number of carboxylic acids is 1. The van der Waals surface area contributed by atoms with E-state index in [9.17, 15) is 19.5 Å². The molecule has 0 fully saturated rings. The van der Waals surface area contributed by atoms with Crippen LogP contribution in [0.5, 0.6) is 0 Å². The van der Waals surface area contributed by atoms with Gasteiger partial charge in [0.25, 0.3) is 5.91 Å². The van der Waals surface area contributed by atoms with Gasteiger partial charge in [0.1, 0.15) is 17.5 Å². The number of anilines is 1. The predicted octanol–water partition coefficient (Wildman–Crippen LogP) is 5.12. The van der Waals surface area contributed by atoms with Crippen molar-refractivity contribution in [3.8, 4) is 11.1 Å². The number of rotatable bonds is 7. The number of nitrogens with zero attached hydrogens (tertiary/aromatic N) is 1. The molecule has 0 aliphatic heterocycles. The summed E-state index contributed by atoms with van der Waals surface area (Å²) in [7, 11) is 0. The van der Waals surface area contributed by atoms with E-state index in [1.165, 1.54) is 6.20 Å². The van der Waals surface area contributed by atoms with Gasteiger partial charge in [-0.2, -0.15) is 0 Å². The van der Waals surface area contributed by atoms with Crippen LogP contribution in [0.3, 0.4) is 0 Å². The molecule has 3 aromatic rings. The summed E-state index contributed by atoms with van der Waals surface area (Å²) in [5.41, 5.74) is 4.22. The highest BCUT2D eigenvalue weighted by molar-refractivity contribution is 7.17. The zero-order chi connectivity index (χ0) is 25.2. The van der Waals surface area contributed by atoms with Crippen LogP contribution in [0.25, 0.3) is 11.1 Å². The first-order valence-corrected chi connectivity index (χ1v) is 12.1. The number of aromatic nitrogens is 1. The fourth-order valence-electron chi connectivity index (χ4n) is 4.20. The summed E-state index contributed by atoms with van der Waals surface area (Å²) in [6.07, 6.45) is 0.900. The quantitative estimate of drug-likeness (QED) is 0.420. The number of aliphatic carboxylic acids is 1. The zero-order valence-corrected chi connectivity index (χ0v) is 20.5. The van der Waals surface area contributed by atoms with Crippen molar-refractivity contribution in [1.29, 1.82) is 0 Å². The second-order valence-corrected chi connectivity index (χ2v) is 10.6. The Labute approximate surface area is 207 Å². The largest absolute Gasteiger partial charge is 0.480 e. The molecule has 35 heavy (non-hydrogen) atoms. The average molecular weight is 494 g/mol. The van der Waals surface area contributed by atoms with E-state index in [-0.39, 0.29) is 34.4 Å². The van der Waals surface area contributed by atoms with Gasteiger partial charge in [0.2, 0.25) is 0 Å². The Morgan fingerprint density at radius 2 is 1.66 bits per heavy atom. The van der Waals surface area contributed by atoms with Crippen LogP contribution in [0.2, 0.25) is 0 Å². The first-order chi connectivity index (χ1) is 16.6. The summed E-state index contributed by atoms with van der Waals surface area (Å²) in [6.45, 7) is 5.86. The van der Waals surface area contributed by atoms with Gasteiger partial charge in [-0.25, -0.2) is 14.6 Å². The highest BCUT2D eigenvalue weighted by atomic mass is 32.1. The fourth-order valence-corrected chi connectivity index (χ4v) is 4.91. The molecule has 0 spiro atoms. The third-order valence-electron chi connectivity index (χ3n) is 5.70. The lowest BCUT2D eigenvalue weighted by Crippen LogP contribution is -2.42. The Morgan fingerprint density at radius 3 is 2.23 bits per heavy atom. The second kappa shape index (κ2) is 9.87. The minimum atomic E-state index is -1.10. The first kappa shape index (κ1) is 24.4. The minimum Gasteiger partial charge on any atom is -0.480 e. The molecular weight excluding hydrogens is 466 g/mol. The molecule has 1 aliphatic rings. The minimum absolute atomic E-state index is 0.0680. The van der Waals surface area contributed by atoms with E-state index in [0.717, 1.165) is 33.6 Å². The number of amides is 2. The molecule has 1 atom stereocenters. The Hall–Kier alpha value is -3.72. The Morgan fingerprint density at radius 1 is 1.06 bits per heavy atom. The number of carbonyl (C=O) groups excluding carboxylic acids is 2. The lowest BCUT2D eigenvalue weighted by molar-refractivity contribution is -0.140. The Kier molecular flexibility index (Phi) is 6.88. The van der Waals surface area contributed by atoms with Crippen molar-refractivity contribution in [2.45, 2.75) is 39.2 Å². The Bertz CT molecular complexity index is 1220. The maximum atomic E-state index is 12.5. The van der Waals surface area contributed by atoms with Gasteiger partial charge in [-0.1, -0.05) is 80.6 Å².